The average Bonchev–Trinajstić information content (AvgIpc) is 3.50. The third-order valence-electron chi connectivity index (χ3n) is 4.62. The lowest BCUT2D eigenvalue weighted by molar-refractivity contribution is 0.289. The zero-order valence-electron chi connectivity index (χ0n) is 16.5. The smallest absolute Gasteiger partial charge is 0.240 e. The van der Waals surface area contributed by atoms with Crippen LogP contribution in [0.15, 0.2) is 41.1 Å². The van der Waals surface area contributed by atoms with Crippen molar-refractivity contribution in [2.75, 3.05) is 13.6 Å². The third-order valence-corrected chi connectivity index (χ3v) is 4.62. The van der Waals surface area contributed by atoms with E-state index in [0.29, 0.717) is 34.5 Å². The molecule has 0 aliphatic heterocycles. The highest BCUT2D eigenvalue weighted by Crippen LogP contribution is 2.29. The molecule has 152 valence electrons. The highest BCUT2D eigenvalue weighted by molar-refractivity contribution is 5.96. The van der Waals surface area contributed by atoms with E-state index in [1.165, 1.54) is 0 Å². The SMILES string of the molecule is CNCCn1cc(COc2nn3c(-c4cc(C)on4)nnc3c3ccccc23)nn1. The molecule has 5 aromatic rings. The van der Waals surface area contributed by atoms with E-state index >= 15 is 0 Å². The van der Waals surface area contributed by atoms with Gasteiger partial charge in [-0.15, -0.1) is 20.4 Å². The van der Waals surface area contributed by atoms with Gasteiger partial charge in [-0.3, -0.25) is 4.68 Å². The first-order valence-corrected chi connectivity index (χ1v) is 9.47. The van der Waals surface area contributed by atoms with E-state index in [0.717, 1.165) is 23.9 Å². The van der Waals surface area contributed by atoms with Crippen molar-refractivity contribution in [3.05, 3.63) is 48.0 Å². The standard InChI is InChI=1S/C19H19N9O2/c1-12-9-16(25-30-12)18-23-22-17-14-5-3-4-6-15(14)19(24-28(17)18)29-11-13-10-27(26-21-13)8-7-20-2/h3-6,9-10,20H,7-8,11H2,1-2H3. The molecular weight excluding hydrogens is 386 g/mol. The molecule has 5 rings (SSSR count). The van der Waals surface area contributed by atoms with Gasteiger partial charge in [0.1, 0.15) is 18.1 Å². The lowest BCUT2D eigenvalue weighted by atomic mass is 10.2. The molecule has 0 saturated carbocycles. The molecule has 0 aliphatic carbocycles. The molecule has 4 heterocycles. The highest BCUT2D eigenvalue weighted by atomic mass is 16.5. The summed E-state index contributed by atoms with van der Waals surface area (Å²) in [6.07, 6.45) is 1.86. The molecule has 0 aliphatic rings. The second-order valence-corrected chi connectivity index (χ2v) is 6.80. The number of fused-ring (bicyclic) bond motifs is 3. The Labute approximate surface area is 170 Å². The molecule has 1 aromatic carbocycles. The molecule has 4 aromatic heterocycles. The summed E-state index contributed by atoms with van der Waals surface area (Å²) in [6, 6.07) is 9.56. The maximum atomic E-state index is 6.03. The summed E-state index contributed by atoms with van der Waals surface area (Å²) >= 11 is 0. The lowest BCUT2D eigenvalue weighted by Gasteiger charge is -2.08. The monoisotopic (exact) mass is 405 g/mol. The van der Waals surface area contributed by atoms with Crippen LogP contribution in [-0.2, 0) is 13.2 Å². The minimum absolute atomic E-state index is 0.239. The summed E-state index contributed by atoms with van der Waals surface area (Å²) in [5.41, 5.74) is 1.89. The molecule has 0 saturated heterocycles. The Balaban J connectivity index is 1.52. The predicted molar refractivity (Wildman–Crippen MR) is 107 cm³/mol. The minimum atomic E-state index is 0.239. The van der Waals surface area contributed by atoms with Gasteiger partial charge in [0.2, 0.25) is 11.7 Å². The van der Waals surface area contributed by atoms with E-state index in [1.54, 1.807) is 15.3 Å². The fourth-order valence-corrected chi connectivity index (χ4v) is 3.17. The molecule has 1 N–H and O–H groups in total. The number of rotatable bonds is 7. The number of hydrogen-bond acceptors (Lipinski definition) is 9. The van der Waals surface area contributed by atoms with Gasteiger partial charge in [-0.1, -0.05) is 28.6 Å². The first-order valence-electron chi connectivity index (χ1n) is 9.47. The van der Waals surface area contributed by atoms with Crippen molar-refractivity contribution in [1.82, 2.24) is 45.3 Å². The number of likely N-dealkylation sites (N-methyl/N-ethyl adjacent to an activating group) is 1. The fourth-order valence-electron chi connectivity index (χ4n) is 3.17. The number of hydrogen-bond donors (Lipinski definition) is 1. The van der Waals surface area contributed by atoms with E-state index in [4.69, 9.17) is 9.26 Å². The molecule has 0 unspecified atom stereocenters. The van der Waals surface area contributed by atoms with Gasteiger partial charge in [0.05, 0.1) is 12.7 Å². The van der Waals surface area contributed by atoms with Gasteiger partial charge in [-0.05, 0) is 20.0 Å². The Morgan fingerprint density at radius 2 is 2.00 bits per heavy atom. The molecule has 0 fully saturated rings. The molecule has 0 atom stereocenters. The zero-order valence-corrected chi connectivity index (χ0v) is 16.5. The normalized spacial score (nSPS) is 11.5. The van der Waals surface area contributed by atoms with Gasteiger partial charge in [0.25, 0.3) is 0 Å². The number of benzene rings is 1. The number of nitrogens with zero attached hydrogens (tertiary/aromatic N) is 8. The van der Waals surface area contributed by atoms with Crippen LogP contribution >= 0.6 is 0 Å². The van der Waals surface area contributed by atoms with Crippen molar-refractivity contribution in [3.63, 3.8) is 0 Å². The topological polar surface area (TPSA) is 121 Å². The van der Waals surface area contributed by atoms with Gasteiger partial charge >= 0.3 is 0 Å². The molecule has 30 heavy (non-hydrogen) atoms. The van der Waals surface area contributed by atoms with E-state index in [1.807, 2.05) is 44.4 Å². The zero-order chi connectivity index (χ0) is 20.5. The van der Waals surface area contributed by atoms with E-state index < -0.39 is 0 Å². The highest BCUT2D eigenvalue weighted by Gasteiger charge is 2.18. The summed E-state index contributed by atoms with van der Waals surface area (Å²) in [7, 11) is 1.90. The van der Waals surface area contributed by atoms with Crippen molar-refractivity contribution in [3.8, 4) is 17.4 Å². The summed E-state index contributed by atoms with van der Waals surface area (Å²) in [6.45, 7) is 3.60. The van der Waals surface area contributed by atoms with E-state index in [2.05, 4.69) is 36.1 Å². The number of aryl methyl sites for hydroxylation is 1. The summed E-state index contributed by atoms with van der Waals surface area (Å²) < 4.78 is 14.6. The second-order valence-electron chi connectivity index (χ2n) is 6.80. The lowest BCUT2D eigenvalue weighted by Crippen LogP contribution is -2.15. The van der Waals surface area contributed by atoms with Crippen LogP contribution in [0.4, 0.5) is 0 Å². The average molecular weight is 405 g/mol. The molecule has 0 radical (unpaired) electrons. The Morgan fingerprint density at radius 3 is 2.80 bits per heavy atom. The Hall–Kier alpha value is -3.86. The van der Waals surface area contributed by atoms with Crippen LogP contribution in [0.5, 0.6) is 5.88 Å². The Morgan fingerprint density at radius 1 is 1.13 bits per heavy atom. The first kappa shape index (κ1) is 18.2. The number of nitrogens with one attached hydrogen (secondary N) is 1. The Kier molecular flexibility index (Phi) is 4.56. The van der Waals surface area contributed by atoms with Crippen LogP contribution in [0, 0.1) is 6.92 Å². The molecular formula is C19H19N9O2. The van der Waals surface area contributed by atoms with Crippen molar-refractivity contribution < 1.29 is 9.26 Å². The molecule has 0 spiro atoms. The summed E-state index contributed by atoms with van der Waals surface area (Å²) in [4.78, 5) is 0. The molecule has 11 heteroatoms. The number of aromatic nitrogens is 8. The largest absolute Gasteiger partial charge is 0.470 e. The van der Waals surface area contributed by atoms with Crippen molar-refractivity contribution in [2.45, 2.75) is 20.1 Å². The van der Waals surface area contributed by atoms with Gasteiger partial charge in [-0.25, -0.2) is 0 Å². The van der Waals surface area contributed by atoms with E-state index in [-0.39, 0.29) is 6.61 Å². The summed E-state index contributed by atoms with van der Waals surface area (Å²) in [5.74, 6) is 1.61. The number of ether oxygens (including phenoxy) is 1. The van der Waals surface area contributed by atoms with Crippen molar-refractivity contribution in [1.29, 1.82) is 0 Å². The molecule has 0 amide bonds. The van der Waals surface area contributed by atoms with Crippen LogP contribution in [0.25, 0.3) is 27.9 Å². The third kappa shape index (κ3) is 3.24. The fraction of sp³-hybridized carbons (Fsp3) is 0.263. The van der Waals surface area contributed by atoms with Crippen LogP contribution in [0.3, 0.4) is 0 Å². The van der Waals surface area contributed by atoms with Gasteiger partial charge in [-0.2, -0.15) is 4.52 Å². The van der Waals surface area contributed by atoms with Crippen LogP contribution in [0.1, 0.15) is 11.5 Å². The second kappa shape index (κ2) is 7.52. The molecule has 11 nitrogen and oxygen atoms in total. The van der Waals surface area contributed by atoms with Gasteiger partial charge in [0.15, 0.2) is 11.3 Å². The maximum Gasteiger partial charge on any atom is 0.240 e. The van der Waals surface area contributed by atoms with Crippen molar-refractivity contribution in [2.24, 2.45) is 0 Å². The van der Waals surface area contributed by atoms with Gasteiger partial charge < -0.3 is 14.6 Å². The van der Waals surface area contributed by atoms with Crippen LogP contribution < -0.4 is 10.1 Å². The van der Waals surface area contributed by atoms with Crippen LogP contribution in [-0.4, -0.2) is 53.6 Å². The first-order chi connectivity index (χ1) is 14.7. The molecule has 0 bridgehead atoms. The quantitative estimate of drug-likeness (QED) is 0.430. The van der Waals surface area contributed by atoms with E-state index in [9.17, 15) is 0 Å². The maximum absolute atomic E-state index is 6.03. The van der Waals surface area contributed by atoms with Gasteiger partial charge in [0, 0.05) is 23.4 Å². The van der Waals surface area contributed by atoms with Crippen molar-refractivity contribution >= 4 is 16.4 Å². The minimum Gasteiger partial charge on any atom is -0.470 e. The van der Waals surface area contributed by atoms with Crippen LogP contribution in [0.2, 0.25) is 0 Å². The summed E-state index contributed by atoms with van der Waals surface area (Å²) in [5, 5.41) is 30.3. The Bertz CT molecular complexity index is 1320. The predicted octanol–water partition coefficient (Wildman–Crippen LogP) is 1.63.